The van der Waals surface area contributed by atoms with Crippen LogP contribution in [0.4, 0.5) is 18.9 Å². The highest BCUT2D eigenvalue weighted by atomic mass is 19.4. The molecule has 0 radical (unpaired) electrons. The molecule has 3 rings (SSSR count). The molecule has 0 aliphatic carbocycles. The summed E-state index contributed by atoms with van der Waals surface area (Å²) in [5.41, 5.74) is 1.28. The third-order valence-electron chi connectivity index (χ3n) is 4.72. The molecule has 0 spiro atoms. The van der Waals surface area contributed by atoms with Crippen LogP contribution in [0.3, 0.4) is 0 Å². The first kappa shape index (κ1) is 21.4. The number of rotatable bonds is 7. The molecule has 0 bridgehead atoms. The van der Waals surface area contributed by atoms with Crippen molar-refractivity contribution in [3.63, 3.8) is 0 Å². The Balaban J connectivity index is 1.69. The molecule has 6 nitrogen and oxygen atoms in total. The summed E-state index contributed by atoms with van der Waals surface area (Å²) < 4.78 is 45.2. The second-order valence-corrected chi connectivity index (χ2v) is 6.82. The topological polar surface area (TPSA) is 69.0 Å². The summed E-state index contributed by atoms with van der Waals surface area (Å²) in [5.74, 6) is 0.317. The monoisotopic (exact) mass is 418 g/mol. The van der Waals surface area contributed by atoms with Crippen molar-refractivity contribution in [1.29, 1.82) is 0 Å². The molecule has 0 fully saturated rings. The first-order valence-corrected chi connectivity index (χ1v) is 9.36. The lowest BCUT2D eigenvalue weighted by molar-refractivity contribution is -0.137. The van der Waals surface area contributed by atoms with E-state index < -0.39 is 17.6 Å². The zero-order chi connectivity index (χ0) is 21.7. The van der Waals surface area contributed by atoms with Crippen LogP contribution in [0.5, 0.6) is 5.75 Å². The molecule has 158 valence electrons. The number of ether oxygens (including phenoxy) is 1. The van der Waals surface area contributed by atoms with Crippen LogP contribution in [0, 0.1) is 0 Å². The van der Waals surface area contributed by atoms with Crippen LogP contribution in [0.25, 0.3) is 5.69 Å². The Hall–Kier alpha value is -3.36. The highest BCUT2D eigenvalue weighted by Crippen LogP contribution is 2.30. The SMILES string of the molecule is CC[C@H](C)c1ccc(OCC(=O)Nc2ccc(C(F)(F)F)cc2)c(-n2cnnc2)c1. The molecule has 1 heterocycles. The predicted octanol–water partition coefficient (Wildman–Crippen LogP) is 4.82. The van der Waals surface area contributed by atoms with E-state index in [0.717, 1.165) is 24.1 Å². The van der Waals surface area contributed by atoms with Gasteiger partial charge in [0.05, 0.1) is 11.3 Å². The number of hydrogen-bond acceptors (Lipinski definition) is 4. The standard InChI is InChI=1S/C21H21F3N4O2/c1-3-14(2)15-4-9-19(18(10-15)28-12-25-26-13-28)30-11-20(29)27-17-7-5-16(6-8-17)21(22,23)24/h4-10,12-14H,3,11H2,1-2H3,(H,27,29)/t14-/m0/s1. The maximum atomic E-state index is 12.6. The van der Waals surface area contributed by atoms with Gasteiger partial charge < -0.3 is 10.1 Å². The third-order valence-corrected chi connectivity index (χ3v) is 4.72. The summed E-state index contributed by atoms with van der Waals surface area (Å²) >= 11 is 0. The summed E-state index contributed by atoms with van der Waals surface area (Å²) in [6, 6.07) is 9.89. The molecule has 3 aromatic rings. The molecule has 0 aliphatic rings. The third kappa shape index (κ3) is 5.16. The Morgan fingerprint density at radius 1 is 1.13 bits per heavy atom. The Bertz CT molecular complexity index is 986. The van der Waals surface area contributed by atoms with Crippen LogP contribution in [0.15, 0.2) is 55.1 Å². The minimum Gasteiger partial charge on any atom is -0.482 e. The van der Waals surface area contributed by atoms with Crippen LogP contribution >= 0.6 is 0 Å². The fourth-order valence-corrected chi connectivity index (χ4v) is 2.81. The predicted molar refractivity (Wildman–Crippen MR) is 106 cm³/mol. The molecule has 9 heteroatoms. The van der Waals surface area contributed by atoms with Gasteiger partial charge in [0.1, 0.15) is 18.4 Å². The number of halogens is 3. The van der Waals surface area contributed by atoms with Crippen LogP contribution in [0.2, 0.25) is 0 Å². The molecular weight excluding hydrogens is 397 g/mol. The number of anilines is 1. The maximum absolute atomic E-state index is 12.6. The van der Waals surface area contributed by atoms with Gasteiger partial charge in [0, 0.05) is 5.69 Å². The molecule has 1 atom stereocenters. The molecule has 0 aliphatic heterocycles. The number of benzene rings is 2. The molecule has 0 unspecified atom stereocenters. The average Bonchev–Trinajstić information content (AvgIpc) is 3.26. The Labute approximate surface area is 171 Å². The summed E-state index contributed by atoms with van der Waals surface area (Å²) in [7, 11) is 0. The van der Waals surface area contributed by atoms with E-state index in [-0.39, 0.29) is 12.3 Å². The van der Waals surface area contributed by atoms with Crippen molar-refractivity contribution in [2.24, 2.45) is 0 Å². The number of amides is 1. The lowest BCUT2D eigenvalue weighted by Gasteiger charge is -2.16. The second-order valence-electron chi connectivity index (χ2n) is 6.82. The maximum Gasteiger partial charge on any atom is 0.416 e. The van der Waals surface area contributed by atoms with E-state index in [2.05, 4.69) is 29.4 Å². The van der Waals surface area contributed by atoms with E-state index in [9.17, 15) is 18.0 Å². The minimum absolute atomic E-state index is 0.253. The van der Waals surface area contributed by atoms with Gasteiger partial charge in [-0.15, -0.1) is 10.2 Å². The molecule has 0 saturated carbocycles. The van der Waals surface area contributed by atoms with Crippen LogP contribution < -0.4 is 10.1 Å². The number of carbonyl (C=O) groups is 1. The molecule has 2 aromatic carbocycles. The van der Waals surface area contributed by atoms with Crippen LogP contribution in [-0.2, 0) is 11.0 Å². The van der Waals surface area contributed by atoms with Crippen LogP contribution in [-0.4, -0.2) is 27.3 Å². The zero-order valence-corrected chi connectivity index (χ0v) is 16.5. The van der Waals surface area contributed by atoms with Gasteiger partial charge in [-0.2, -0.15) is 13.2 Å². The van der Waals surface area contributed by atoms with E-state index in [1.54, 1.807) is 10.6 Å². The summed E-state index contributed by atoms with van der Waals surface area (Å²) in [6.07, 6.45) is -0.390. The van der Waals surface area contributed by atoms with Gasteiger partial charge in [-0.25, -0.2) is 0 Å². The fourth-order valence-electron chi connectivity index (χ4n) is 2.81. The highest BCUT2D eigenvalue weighted by Gasteiger charge is 2.30. The van der Waals surface area contributed by atoms with Crippen molar-refractivity contribution >= 4 is 11.6 Å². The fraction of sp³-hybridized carbons (Fsp3) is 0.286. The van der Waals surface area contributed by atoms with Gasteiger partial charge in [0.25, 0.3) is 5.91 Å². The summed E-state index contributed by atoms with van der Waals surface area (Å²) in [6.45, 7) is 3.90. The molecule has 1 aromatic heterocycles. The second kappa shape index (κ2) is 8.98. The number of aromatic nitrogens is 3. The molecular formula is C21H21F3N4O2. The van der Waals surface area contributed by atoms with Crippen molar-refractivity contribution < 1.29 is 22.7 Å². The van der Waals surface area contributed by atoms with Gasteiger partial charge in [0.15, 0.2) is 6.61 Å². The lowest BCUT2D eigenvalue weighted by Crippen LogP contribution is -2.20. The van der Waals surface area contributed by atoms with E-state index in [1.165, 1.54) is 24.8 Å². The van der Waals surface area contributed by atoms with Crippen molar-refractivity contribution in [2.75, 3.05) is 11.9 Å². The van der Waals surface area contributed by atoms with Crippen molar-refractivity contribution in [1.82, 2.24) is 14.8 Å². The molecule has 1 N–H and O–H groups in total. The minimum atomic E-state index is -4.42. The van der Waals surface area contributed by atoms with Gasteiger partial charge >= 0.3 is 6.18 Å². The smallest absolute Gasteiger partial charge is 0.416 e. The van der Waals surface area contributed by atoms with Crippen molar-refractivity contribution in [2.45, 2.75) is 32.4 Å². The molecule has 0 saturated heterocycles. The van der Waals surface area contributed by atoms with Crippen molar-refractivity contribution in [3.8, 4) is 11.4 Å². The number of alkyl halides is 3. The summed E-state index contributed by atoms with van der Waals surface area (Å²) in [5, 5.41) is 10.1. The van der Waals surface area contributed by atoms with E-state index in [1.807, 2.05) is 12.1 Å². The number of carbonyl (C=O) groups excluding carboxylic acids is 1. The quantitative estimate of drug-likeness (QED) is 0.598. The molecule has 1 amide bonds. The zero-order valence-electron chi connectivity index (χ0n) is 16.5. The van der Waals surface area contributed by atoms with E-state index in [0.29, 0.717) is 17.4 Å². The van der Waals surface area contributed by atoms with Crippen molar-refractivity contribution in [3.05, 3.63) is 66.2 Å². The van der Waals surface area contributed by atoms with Gasteiger partial charge in [-0.1, -0.05) is 19.9 Å². The van der Waals surface area contributed by atoms with E-state index >= 15 is 0 Å². The largest absolute Gasteiger partial charge is 0.482 e. The summed E-state index contributed by atoms with van der Waals surface area (Å²) in [4.78, 5) is 12.2. The van der Waals surface area contributed by atoms with Crippen LogP contribution in [0.1, 0.15) is 37.3 Å². The van der Waals surface area contributed by atoms with Gasteiger partial charge in [0.2, 0.25) is 0 Å². The molecule has 30 heavy (non-hydrogen) atoms. The number of nitrogens with zero attached hydrogens (tertiary/aromatic N) is 3. The number of hydrogen-bond donors (Lipinski definition) is 1. The first-order valence-electron chi connectivity index (χ1n) is 9.36. The van der Waals surface area contributed by atoms with E-state index in [4.69, 9.17) is 4.74 Å². The Morgan fingerprint density at radius 2 is 1.80 bits per heavy atom. The van der Waals surface area contributed by atoms with Gasteiger partial charge in [-0.05, 0) is 54.3 Å². The highest BCUT2D eigenvalue weighted by molar-refractivity contribution is 5.91. The normalized spacial score (nSPS) is 12.4. The van der Waals surface area contributed by atoms with Gasteiger partial charge in [-0.3, -0.25) is 9.36 Å². The lowest BCUT2D eigenvalue weighted by atomic mass is 9.98. The number of nitrogens with one attached hydrogen (secondary N) is 1. The average molecular weight is 418 g/mol. The first-order chi connectivity index (χ1) is 14.3. The Morgan fingerprint density at radius 3 is 2.40 bits per heavy atom. The Kier molecular flexibility index (Phi) is 6.39.